The van der Waals surface area contributed by atoms with Gasteiger partial charge in [-0.3, -0.25) is 9.59 Å². The molecule has 1 unspecified atom stereocenters. The predicted octanol–water partition coefficient (Wildman–Crippen LogP) is 4.75. The zero-order valence-electron chi connectivity index (χ0n) is 17.0. The van der Waals surface area contributed by atoms with E-state index in [2.05, 4.69) is 15.5 Å². The smallest absolute Gasteiger partial charge is 0.242 e. The van der Waals surface area contributed by atoms with Crippen molar-refractivity contribution in [2.24, 2.45) is 7.05 Å². The quantitative estimate of drug-likeness (QED) is 0.335. The number of nitrogens with one attached hydrogen (secondary N) is 1. The number of aromatic nitrogens is 3. The number of anilines is 1. The SMILES string of the molecule is CC(=O)c1cccc(NC(=O)C(Sc2nnc(-c3ccco3)n2C)c2ccccc2)c1. The molecule has 0 aliphatic carbocycles. The Bertz CT molecular complexity index is 1200. The van der Waals surface area contributed by atoms with Crippen LogP contribution in [-0.2, 0) is 11.8 Å². The third-order valence-corrected chi connectivity index (χ3v) is 5.97. The fraction of sp³-hybridized carbons (Fsp3) is 0.130. The van der Waals surface area contributed by atoms with E-state index in [0.717, 1.165) is 5.56 Å². The number of furan rings is 1. The topological polar surface area (TPSA) is 90.0 Å². The number of carbonyl (C=O) groups excluding carboxylic acids is 2. The first-order chi connectivity index (χ1) is 15.0. The van der Waals surface area contributed by atoms with Crippen LogP contribution in [0, 0.1) is 0 Å². The minimum atomic E-state index is -0.575. The summed E-state index contributed by atoms with van der Waals surface area (Å²) < 4.78 is 7.22. The van der Waals surface area contributed by atoms with E-state index < -0.39 is 5.25 Å². The highest BCUT2D eigenvalue weighted by molar-refractivity contribution is 8.00. The van der Waals surface area contributed by atoms with Crippen molar-refractivity contribution < 1.29 is 14.0 Å². The molecule has 4 rings (SSSR count). The molecule has 156 valence electrons. The molecule has 2 aromatic carbocycles. The van der Waals surface area contributed by atoms with Crippen LogP contribution in [0.5, 0.6) is 0 Å². The molecule has 7 nitrogen and oxygen atoms in total. The average molecular weight is 433 g/mol. The summed E-state index contributed by atoms with van der Waals surface area (Å²) in [7, 11) is 1.83. The van der Waals surface area contributed by atoms with Crippen molar-refractivity contribution in [2.45, 2.75) is 17.3 Å². The Morgan fingerprint density at radius 1 is 1.03 bits per heavy atom. The van der Waals surface area contributed by atoms with E-state index in [0.29, 0.717) is 28.0 Å². The van der Waals surface area contributed by atoms with Crippen LogP contribution >= 0.6 is 11.8 Å². The van der Waals surface area contributed by atoms with Gasteiger partial charge in [0.25, 0.3) is 0 Å². The van der Waals surface area contributed by atoms with E-state index in [-0.39, 0.29) is 11.7 Å². The minimum absolute atomic E-state index is 0.0605. The summed E-state index contributed by atoms with van der Waals surface area (Å²) in [6, 6.07) is 19.9. The molecule has 8 heteroatoms. The number of hydrogen-bond acceptors (Lipinski definition) is 6. The molecule has 2 heterocycles. The number of ketones is 1. The largest absolute Gasteiger partial charge is 0.461 e. The molecule has 0 bridgehead atoms. The lowest BCUT2D eigenvalue weighted by molar-refractivity contribution is -0.115. The maximum absolute atomic E-state index is 13.3. The van der Waals surface area contributed by atoms with Gasteiger partial charge < -0.3 is 14.3 Å². The summed E-state index contributed by atoms with van der Waals surface area (Å²) in [5.41, 5.74) is 1.93. The number of carbonyl (C=O) groups is 2. The molecule has 0 spiro atoms. The maximum Gasteiger partial charge on any atom is 0.242 e. The summed E-state index contributed by atoms with van der Waals surface area (Å²) in [5, 5.41) is 11.4. The van der Waals surface area contributed by atoms with Crippen molar-refractivity contribution in [1.29, 1.82) is 0 Å². The highest BCUT2D eigenvalue weighted by Gasteiger charge is 2.26. The fourth-order valence-electron chi connectivity index (χ4n) is 3.07. The summed E-state index contributed by atoms with van der Waals surface area (Å²) in [6.45, 7) is 1.49. The van der Waals surface area contributed by atoms with Gasteiger partial charge in [0.1, 0.15) is 5.25 Å². The van der Waals surface area contributed by atoms with E-state index in [1.165, 1.54) is 18.7 Å². The van der Waals surface area contributed by atoms with E-state index >= 15 is 0 Å². The summed E-state index contributed by atoms with van der Waals surface area (Å²) in [4.78, 5) is 24.9. The summed E-state index contributed by atoms with van der Waals surface area (Å²) in [5.74, 6) is 0.895. The van der Waals surface area contributed by atoms with Gasteiger partial charge >= 0.3 is 0 Å². The van der Waals surface area contributed by atoms with Crippen molar-refractivity contribution in [3.8, 4) is 11.6 Å². The molecule has 0 saturated heterocycles. The third-order valence-electron chi connectivity index (χ3n) is 4.68. The second-order valence-corrected chi connectivity index (χ2v) is 7.95. The van der Waals surface area contributed by atoms with Crippen LogP contribution in [-0.4, -0.2) is 26.5 Å². The molecule has 0 radical (unpaired) electrons. The van der Waals surface area contributed by atoms with Gasteiger partial charge in [-0.05, 0) is 36.8 Å². The van der Waals surface area contributed by atoms with Crippen LogP contribution in [0.4, 0.5) is 5.69 Å². The first-order valence-corrected chi connectivity index (χ1v) is 10.5. The highest BCUT2D eigenvalue weighted by Crippen LogP contribution is 2.36. The first kappa shape index (κ1) is 20.6. The molecule has 0 saturated carbocycles. The Hall–Kier alpha value is -3.65. The van der Waals surface area contributed by atoms with Gasteiger partial charge in [-0.25, -0.2) is 0 Å². The van der Waals surface area contributed by atoms with Gasteiger partial charge in [-0.1, -0.05) is 54.2 Å². The van der Waals surface area contributed by atoms with Gasteiger partial charge in [0.2, 0.25) is 5.91 Å². The molecule has 4 aromatic rings. The number of amides is 1. The van der Waals surface area contributed by atoms with Crippen molar-refractivity contribution in [3.63, 3.8) is 0 Å². The second-order valence-electron chi connectivity index (χ2n) is 6.88. The van der Waals surface area contributed by atoms with Crippen molar-refractivity contribution >= 4 is 29.1 Å². The maximum atomic E-state index is 13.3. The lowest BCUT2D eigenvalue weighted by Gasteiger charge is -2.17. The number of thioether (sulfide) groups is 1. The van der Waals surface area contributed by atoms with E-state index in [9.17, 15) is 9.59 Å². The predicted molar refractivity (Wildman–Crippen MR) is 119 cm³/mol. The highest BCUT2D eigenvalue weighted by atomic mass is 32.2. The van der Waals surface area contributed by atoms with E-state index in [1.807, 2.05) is 43.4 Å². The Kier molecular flexibility index (Phi) is 5.99. The molecule has 0 aliphatic heterocycles. The van der Waals surface area contributed by atoms with Gasteiger partial charge in [0, 0.05) is 18.3 Å². The lowest BCUT2D eigenvalue weighted by atomic mass is 10.1. The van der Waals surface area contributed by atoms with E-state index in [1.54, 1.807) is 41.2 Å². The van der Waals surface area contributed by atoms with Gasteiger partial charge in [0.05, 0.1) is 6.26 Å². The van der Waals surface area contributed by atoms with Crippen LogP contribution in [0.1, 0.15) is 28.1 Å². The van der Waals surface area contributed by atoms with E-state index in [4.69, 9.17) is 4.42 Å². The number of hydrogen-bond donors (Lipinski definition) is 1. The van der Waals surface area contributed by atoms with Gasteiger partial charge in [-0.2, -0.15) is 0 Å². The van der Waals surface area contributed by atoms with Crippen molar-refractivity contribution in [3.05, 3.63) is 84.1 Å². The van der Waals surface area contributed by atoms with Crippen LogP contribution in [0.3, 0.4) is 0 Å². The zero-order chi connectivity index (χ0) is 21.8. The number of rotatable bonds is 7. The van der Waals surface area contributed by atoms with Crippen LogP contribution in [0.25, 0.3) is 11.6 Å². The van der Waals surface area contributed by atoms with Gasteiger partial charge in [0.15, 0.2) is 22.5 Å². The molecule has 1 atom stereocenters. The molecular weight excluding hydrogens is 412 g/mol. The fourth-order valence-corrected chi connectivity index (χ4v) is 4.07. The monoisotopic (exact) mass is 432 g/mol. The third kappa shape index (κ3) is 4.59. The minimum Gasteiger partial charge on any atom is -0.461 e. The van der Waals surface area contributed by atoms with Crippen LogP contribution in [0.2, 0.25) is 0 Å². The van der Waals surface area contributed by atoms with Crippen molar-refractivity contribution in [1.82, 2.24) is 14.8 Å². The molecule has 0 fully saturated rings. The van der Waals surface area contributed by atoms with Crippen LogP contribution < -0.4 is 5.32 Å². The molecular formula is C23H20N4O3S. The molecule has 1 amide bonds. The van der Waals surface area contributed by atoms with Crippen LogP contribution in [0.15, 0.2) is 82.6 Å². The standard InChI is InChI=1S/C23H20N4O3S/c1-15(28)17-10-6-11-18(14-17)24-22(29)20(16-8-4-3-5-9-16)31-23-26-25-21(27(23)2)19-12-7-13-30-19/h3-14,20H,1-2H3,(H,24,29). The number of benzene rings is 2. The van der Waals surface area contributed by atoms with Gasteiger partial charge in [-0.15, -0.1) is 10.2 Å². The average Bonchev–Trinajstić information content (AvgIpc) is 3.42. The normalized spacial score (nSPS) is 11.8. The first-order valence-electron chi connectivity index (χ1n) is 9.59. The molecule has 0 aliphatic rings. The Morgan fingerprint density at radius 2 is 1.84 bits per heavy atom. The molecule has 2 aromatic heterocycles. The Balaban J connectivity index is 1.62. The Morgan fingerprint density at radius 3 is 2.55 bits per heavy atom. The number of nitrogens with zero attached hydrogens (tertiary/aromatic N) is 3. The number of Topliss-reactive ketones (excluding diaryl/α,β-unsaturated/α-hetero) is 1. The van der Waals surface area contributed by atoms with Crippen molar-refractivity contribution in [2.75, 3.05) is 5.32 Å². The second kappa shape index (κ2) is 9.01. The lowest BCUT2D eigenvalue weighted by Crippen LogP contribution is -2.19. The Labute approximate surface area is 183 Å². The zero-order valence-corrected chi connectivity index (χ0v) is 17.8. The summed E-state index contributed by atoms with van der Waals surface area (Å²) in [6.07, 6.45) is 1.58. The molecule has 31 heavy (non-hydrogen) atoms. The summed E-state index contributed by atoms with van der Waals surface area (Å²) >= 11 is 1.29. The molecule has 1 N–H and O–H groups in total.